The number of ether oxygens (including phenoxy) is 3. The monoisotopic (exact) mass is 446 g/mol. The van der Waals surface area contributed by atoms with Crippen LogP contribution in [0.5, 0.6) is 0 Å². The highest BCUT2D eigenvalue weighted by Crippen LogP contribution is 2.15. The second kappa shape index (κ2) is 17.8. The molecule has 0 aromatic rings. The maximum absolute atomic E-state index is 11.2. The van der Waals surface area contributed by atoms with Crippen LogP contribution in [0.1, 0.15) is 80.1 Å². The average Bonchev–Trinajstić information content (AvgIpc) is 2.68. The van der Waals surface area contributed by atoms with Gasteiger partial charge in [-0.3, -0.25) is 14.4 Å². The quantitative estimate of drug-likeness (QED) is 0.103. The summed E-state index contributed by atoms with van der Waals surface area (Å²) < 4.78 is 14.9. The zero-order valence-corrected chi connectivity index (χ0v) is 20.4. The topological polar surface area (TPSA) is 78.9 Å². The third-order valence-electron chi connectivity index (χ3n) is 4.27. The highest BCUT2D eigenvalue weighted by molar-refractivity contribution is 5.67. The van der Waals surface area contributed by atoms with Crippen LogP contribution in [0.3, 0.4) is 0 Å². The number of rotatable bonds is 14. The van der Waals surface area contributed by atoms with Gasteiger partial charge >= 0.3 is 17.9 Å². The predicted octanol–water partition coefficient (Wildman–Crippen LogP) is 6.25. The zero-order valence-electron chi connectivity index (χ0n) is 20.4. The summed E-state index contributed by atoms with van der Waals surface area (Å²) in [6.45, 7) is 10.6. The average molecular weight is 447 g/mol. The second-order valence-corrected chi connectivity index (χ2v) is 7.80. The third-order valence-corrected chi connectivity index (χ3v) is 4.27. The van der Waals surface area contributed by atoms with Gasteiger partial charge in [-0.1, -0.05) is 29.4 Å². The molecule has 0 radical (unpaired) electrons. The summed E-state index contributed by atoms with van der Waals surface area (Å²) in [6, 6.07) is 0. The standard InChI is InChI=1S/C26H38O6/c1-20(2)10-7-11-21(3)12-8-13-25(18-31-23(5)28)14-9-15-26(19-32-24(6)29)16-17-30-22(4)27/h10,12,14,16-17,19H,7-9,11,13,15,18H2,1-6H3. The van der Waals surface area contributed by atoms with Crippen molar-refractivity contribution in [3.05, 3.63) is 59.1 Å². The molecule has 0 amide bonds. The van der Waals surface area contributed by atoms with Crippen molar-refractivity contribution in [3.63, 3.8) is 0 Å². The van der Waals surface area contributed by atoms with E-state index in [1.54, 1.807) is 6.08 Å². The Morgan fingerprint density at radius 2 is 1.31 bits per heavy atom. The lowest BCUT2D eigenvalue weighted by atomic mass is 10.0. The number of hydrogen-bond donors (Lipinski definition) is 0. The van der Waals surface area contributed by atoms with Gasteiger partial charge in [0.05, 0.1) is 12.5 Å². The van der Waals surface area contributed by atoms with E-state index in [0.29, 0.717) is 18.4 Å². The molecule has 0 heterocycles. The minimum Gasteiger partial charge on any atom is -0.461 e. The van der Waals surface area contributed by atoms with Crippen LogP contribution in [-0.2, 0) is 28.6 Å². The minimum absolute atomic E-state index is 0.256. The molecule has 0 aliphatic rings. The van der Waals surface area contributed by atoms with Crippen molar-refractivity contribution in [2.24, 2.45) is 0 Å². The molecule has 32 heavy (non-hydrogen) atoms. The van der Waals surface area contributed by atoms with Crippen molar-refractivity contribution >= 4 is 17.9 Å². The summed E-state index contributed by atoms with van der Waals surface area (Å²) in [4.78, 5) is 33.2. The molecule has 0 fully saturated rings. The van der Waals surface area contributed by atoms with E-state index in [9.17, 15) is 14.4 Å². The Kier molecular flexibility index (Phi) is 16.2. The summed E-state index contributed by atoms with van der Waals surface area (Å²) >= 11 is 0. The van der Waals surface area contributed by atoms with Gasteiger partial charge in [-0.15, -0.1) is 0 Å². The first-order valence-electron chi connectivity index (χ1n) is 10.9. The van der Waals surface area contributed by atoms with E-state index in [2.05, 4.69) is 32.9 Å². The number of allylic oxidation sites excluding steroid dienone is 7. The molecule has 0 aromatic carbocycles. The van der Waals surface area contributed by atoms with Gasteiger partial charge in [-0.25, -0.2) is 0 Å². The van der Waals surface area contributed by atoms with Crippen molar-refractivity contribution in [1.82, 2.24) is 0 Å². The van der Waals surface area contributed by atoms with Gasteiger partial charge in [0.25, 0.3) is 0 Å². The van der Waals surface area contributed by atoms with Crippen molar-refractivity contribution in [3.8, 4) is 0 Å². The van der Waals surface area contributed by atoms with Crippen LogP contribution in [0.15, 0.2) is 59.1 Å². The molecule has 178 valence electrons. The smallest absolute Gasteiger partial charge is 0.307 e. The predicted molar refractivity (Wildman–Crippen MR) is 126 cm³/mol. The van der Waals surface area contributed by atoms with Crippen LogP contribution in [0.2, 0.25) is 0 Å². The summed E-state index contributed by atoms with van der Waals surface area (Å²) in [5.41, 5.74) is 4.40. The molecule has 0 aliphatic carbocycles. The molecule has 0 rings (SSSR count). The number of esters is 3. The van der Waals surface area contributed by atoms with Crippen LogP contribution in [0.25, 0.3) is 0 Å². The first-order valence-corrected chi connectivity index (χ1v) is 10.9. The highest BCUT2D eigenvalue weighted by Gasteiger charge is 2.02. The van der Waals surface area contributed by atoms with Crippen molar-refractivity contribution < 1.29 is 28.6 Å². The molecule has 0 aliphatic heterocycles. The van der Waals surface area contributed by atoms with Gasteiger partial charge in [0, 0.05) is 20.8 Å². The van der Waals surface area contributed by atoms with Crippen LogP contribution >= 0.6 is 0 Å². The van der Waals surface area contributed by atoms with Crippen LogP contribution < -0.4 is 0 Å². The molecule has 0 unspecified atom stereocenters. The molecule has 0 N–H and O–H groups in total. The van der Waals surface area contributed by atoms with Crippen LogP contribution in [0.4, 0.5) is 0 Å². The first-order chi connectivity index (χ1) is 15.1. The van der Waals surface area contributed by atoms with Gasteiger partial charge in [-0.2, -0.15) is 0 Å². The Balaban J connectivity index is 5.00. The Morgan fingerprint density at radius 3 is 1.91 bits per heavy atom. The van der Waals surface area contributed by atoms with Crippen molar-refractivity contribution in [2.45, 2.75) is 80.1 Å². The third kappa shape index (κ3) is 19.1. The van der Waals surface area contributed by atoms with E-state index in [1.165, 1.54) is 44.4 Å². The van der Waals surface area contributed by atoms with E-state index in [1.807, 2.05) is 6.08 Å². The lowest BCUT2D eigenvalue weighted by molar-refractivity contribution is -0.140. The SMILES string of the molecule is CC(=O)OC=CC(=COC(C)=O)CCC=C(CCC=C(C)CCC=C(C)C)COC(C)=O. The Morgan fingerprint density at radius 1 is 0.688 bits per heavy atom. The summed E-state index contributed by atoms with van der Waals surface area (Å²) in [5.74, 6) is -1.17. The largest absolute Gasteiger partial charge is 0.461 e. The molecule has 0 saturated carbocycles. The fourth-order valence-electron chi connectivity index (χ4n) is 2.62. The molecule has 0 aromatic heterocycles. The Bertz CT molecular complexity index is 761. The highest BCUT2D eigenvalue weighted by atomic mass is 16.5. The van der Waals surface area contributed by atoms with Crippen molar-refractivity contribution in [1.29, 1.82) is 0 Å². The Hall–Kier alpha value is -2.89. The van der Waals surface area contributed by atoms with E-state index in [4.69, 9.17) is 14.2 Å². The van der Waals surface area contributed by atoms with Gasteiger partial charge in [0.2, 0.25) is 0 Å². The molecule has 0 spiro atoms. The lowest BCUT2D eigenvalue weighted by Crippen LogP contribution is -2.03. The summed E-state index contributed by atoms with van der Waals surface area (Å²) in [7, 11) is 0. The van der Waals surface area contributed by atoms with Crippen LogP contribution in [-0.4, -0.2) is 24.5 Å². The fourth-order valence-corrected chi connectivity index (χ4v) is 2.62. The Labute approximate surface area is 192 Å². The van der Waals surface area contributed by atoms with Gasteiger partial charge in [0.1, 0.15) is 6.61 Å². The molecule has 6 nitrogen and oxygen atoms in total. The van der Waals surface area contributed by atoms with Gasteiger partial charge in [-0.05, 0) is 76.5 Å². The normalized spacial score (nSPS) is 12.5. The van der Waals surface area contributed by atoms with Gasteiger partial charge < -0.3 is 14.2 Å². The minimum atomic E-state index is -0.430. The first kappa shape index (κ1) is 29.1. The molecule has 0 saturated heterocycles. The second-order valence-electron chi connectivity index (χ2n) is 7.80. The maximum atomic E-state index is 11.2. The number of carbonyl (C=O) groups is 3. The van der Waals surface area contributed by atoms with Crippen molar-refractivity contribution in [2.75, 3.05) is 6.61 Å². The van der Waals surface area contributed by atoms with E-state index >= 15 is 0 Å². The number of carbonyl (C=O) groups excluding carboxylic acids is 3. The lowest BCUT2D eigenvalue weighted by Gasteiger charge is -2.08. The molecule has 6 heteroatoms. The van der Waals surface area contributed by atoms with E-state index in [-0.39, 0.29) is 12.6 Å². The van der Waals surface area contributed by atoms with E-state index < -0.39 is 11.9 Å². The fraction of sp³-hybridized carbons (Fsp3) is 0.500. The maximum Gasteiger partial charge on any atom is 0.307 e. The number of hydrogen-bond acceptors (Lipinski definition) is 6. The molecule has 0 bridgehead atoms. The zero-order chi connectivity index (χ0) is 24.4. The summed E-state index contributed by atoms with van der Waals surface area (Å²) in [5, 5.41) is 0. The van der Waals surface area contributed by atoms with E-state index in [0.717, 1.165) is 31.3 Å². The molecular formula is C26H38O6. The molecule has 0 atom stereocenters. The molecular weight excluding hydrogens is 408 g/mol. The summed E-state index contributed by atoms with van der Waals surface area (Å²) in [6.07, 6.45) is 15.7. The van der Waals surface area contributed by atoms with Gasteiger partial charge in [0.15, 0.2) is 0 Å². The van der Waals surface area contributed by atoms with Crippen LogP contribution in [0, 0.1) is 0 Å².